The van der Waals surface area contributed by atoms with Crippen LogP contribution in [0.25, 0.3) is 0 Å². The van der Waals surface area contributed by atoms with E-state index in [0.29, 0.717) is 28.9 Å². The van der Waals surface area contributed by atoms with Gasteiger partial charge in [0.25, 0.3) is 0 Å². The summed E-state index contributed by atoms with van der Waals surface area (Å²) in [5.41, 5.74) is 3.24. The normalized spacial score (nSPS) is 13.6. The highest BCUT2D eigenvalue weighted by Gasteiger charge is 2.21. The third-order valence-electron chi connectivity index (χ3n) is 5.01. The van der Waals surface area contributed by atoms with Gasteiger partial charge in [0.2, 0.25) is 17.0 Å². The van der Waals surface area contributed by atoms with Crippen LogP contribution in [0.15, 0.2) is 16.0 Å². The van der Waals surface area contributed by atoms with Crippen LogP contribution in [-0.4, -0.2) is 59.5 Å². The number of carbonyl (C=O) groups excluding carboxylic acids is 3. The molecule has 0 aliphatic rings. The zero-order chi connectivity index (χ0) is 30.0. The fourth-order valence-corrected chi connectivity index (χ4v) is 4.20. The van der Waals surface area contributed by atoms with E-state index >= 15 is 0 Å². The number of methoxy groups -OCH3 is 1. The molecule has 13 heteroatoms. The van der Waals surface area contributed by atoms with E-state index in [1.807, 2.05) is 13.8 Å². The Balaban J connectivity index is 2.93. The van der Waals surface area contributed by atoms with Gasteiger partial charge in [-0.15, -0.1) is 0 Å². The van der Waals surface area contributed by atoms with Crippen LogP contribution in [0.1, 0.15) is 71.1 Å². The molecule has 0 aliphatic carbocycles. The Morgan fingerprint density at radius 2 is 1.62 bits per heavy atom. The maximum Gasteiger partial charge on any atom is 0.414 e. The first kappa shape index (κ1) is 33.8. The molecular formula is C26H42N4O8S. The minimum Gasteiger partial charge on any atom is -0.496 e. The number of hydrogen-bond donors (Lipinski definition) is 3. The molecule has 0 spiro atoms. The fourth-order valence-electron chi connectivity index (χ4n) is 3.24. The van der Waals surface area contributed by atoms with E-state index in [2.05, 4.69) is 21.1 Å². The van der Waals surface area contributed by atoms with Gasteiger partial charge in [-0.2, -0.15) is 4.28 Å². The number of aliphatic imine (C=N–C) groups is 1. The number of benzene rings is 1. The lowest BCUT2D eigenvalue weighted by Crippen LogP contribution is -2.44. The van der Waals surface area contributed by atoms with E-state index in [0.717, 1.165) is 11.1 Å². The molecule has 1 aromatic rings. The zero-order valence-corrected chi connectivity index (χ0v) is 25.3. The highest BCUT2D eigenvalue weighted by atomic mass is 32.2. The predicted octanol–water partition coefficient (Wildman–Crippen LogP) is 3.92. The largest absolute Gasteiger partial charge is 0.496 e. The Hall–Kier alpha value is -3.19. The molecule has 0 fully saturated rings. The van der Waals surface area contributed by atoms with Gasteiger partial charge < -0.3 is 24.3 Å². The van der Waals surface area contributed by atoms with Crippen molar-refractivity contribution in [3.63, 3.8) is 0 Å². The SMILES string of the molecule is COc1cc(C)c(S(=O)ONC(=NCCCC(C=O)NC(=O)OC(C)(C)C)NC(=O)OC(C)(C)C)c(C)c1C. The smallest absolute Gasteiger partial charge is 0.414 e. The molecule has 2 atom stereocenters. The van der Waals surface area contributed by atoms with Crippen molar-refractivity contribution >= 4 is 35.5 Å². The lowest BCUT2D eigenvalue weighted by Gasteiger charge is -2.21. The third-order valence-corrected chi connectivity index (χ3v) is 6.20. The van der Waals surface area contributed by atoms with Gasteiger partial charge in [-0.1, -0.05) is 0 Å². The van der Waals surface area contributed by atoms with Gasteiger partial charge in [0.15, 0.2) is 0 Å². The molecule has 220 valence electrons. The maximum atomic E-state index is 13.0. The fraction of sp³-hybridized carbons (Fsp3) is 0.615. The number of carbonyl (C=O) groups is 3. The quantitative estimate of drug-likeness (QED) is 0.125. The summed E-state index contributed by atoms with van der Waals surface area (Å²) in [6.45, 7) is 15.9. The van der Waals surface area contributed by atoms with Crippen molar-refractivity contribution in [3.05, 3.63) is 22.8 Å². The summed E-state index contributed by atoms with van der Waals surface area (Å²) in [6.07, 6.45) is -0.262. The Morgan fingerprint density at radius 1 is 1.03 bits per heavy atom. The second-order valence-corrected chi connectivity index (χ2v) is 11.8. The molecule has 0 bridgehead atoms. The van der Waals surface area contributed by atoms with E-state index in [-0.39, 0.29) is 18.9 Å². The predicted molar refractivity (Wildman–Crippen MR) is 148 cm³/mol. The van der Waals surface area contributed by atoms with Gasteiger partial charge in [0, 0.05) is 6.54 Å². The number of guanidine groups is 1. The monoisotopic (exact) mass is 570 g/mol. The molecule has 2 unspecified atom stereocenters. The number of hydroxylamine groups is 1. The van der Waals surface area contributed by atoms with E-state index in [9.17, 15) is 18.6 Å². The number of aldehydes is 1. The lowest BCUT2D eigenvalue weighted by atomic mass is 10.1. The second kappa shape index (κ2) is 14.8. The highest BCUT2D eigenvalue weighted by Crippen LogP contribution is 2.29. The second-order valence-electron chi connectivity index (χ2n) is 10.8. The Labute approximate surface area is 233 Å². The van der Waals surface area contributed by atoms with Crippen molar-refractivity contribution in [2.45, 2.75) is 97.3 Å². The first-order valence-electron chi connectivity index (χ1n) is 12.5. The average Bonchev–Trinajstić information content (AvgIpc) is 2.79. The van der Waals surface area contributed by atoms with Gasteiger partial charge in [0.1, 0.15) is 23.2 Å². The number of aryl methyl sites for hydroxylation is 1. The lowest BCUT2D eigenvalue weighted by molar-refractivity contribution is -0.109. The topological polar surface area (TPSA) is 154 Å². The van der Waals surface area contributed by atoms with Crippen molar-refractivity contribution in [3.8, 4) is 5.75 Å². The summed E-state index contributed by atoms with van der Waals surface area (Å²) in [5.74, 6) is 0.531. The van der Waals surface area contributed by atoms with E-state index in [1.54, 1.807) is 61.6 Å². The van der Waals surface area contributed by atoms with Gasteiger partial charge in [-0.05, 0) is 97.9 Å². The minimum absolute atomic E-state index is 0.133. The van der Waals surface area contributed by atoms with Gasteiger partial charge in [-0.3, -0.25) is 10.3 Å². The molecule has 0 saturated heterocycles. The summed E-state index contributed by atoms with van der Waals surface area (Å²) in [5, 5.41) is 4.93. The van der Waals surface area contributed by atoms with Crippen LogP contribution >= 0.6 is 0 Å². The molecule has 1 aromatic carbocycles. The van der Waals surface area contributed by atoms with Crippen molar-refractivity contribution in [2.75, 3.05) is 13.7 Å². The first-order chi connectivity index (χ1) is 18.0. The molecule has 12 nitrogen and oxygen atoms in total. The van der Waals surface area contributed by atoms with Crippen LogP contribution in [0.4, 0.5) is 9.59 Å². The molecule has 0 aromatic heterocycles. The van der Waals surface area contributed by atoms with E-state index < -0.39 is 40.5 Å². The molecule has 0 saturated carbocycles. The van der Waals surface area contributed by atoms with Gasteiger partial charge in [0.05, 0.1) is 18.0 Å². The summed E-state index contributed by atoms with van der Waals surface area (Å²) in [7, 11) is 1.56. The Bertz CT molecular complexity index is 1080. The molecule has 0 aliphatic heterocycles. The highest BCUT2D eigenvalue weighted by molar-refractivity contribution is 7.80. The Morgan fingerprint density at radius 3 is 2.15 bits per heavy atom. The molecule has 2 amide bonds. The van der Waals surface area contributed by atoms with E-state index in [1.165, 1.54) is 0 Å². The van der Waals surface area contributed by atoms with Crippen molar-refractivity contribution in [2.24, 2.45) is 4.99 Å². The number of rotatable bonds is 10. The summed E-state index contributed by atoms with van der Waals surface area (Å²) < 4.78 is 34.2. The average molecular weight is 571 g/mol. The number of nitrogens with zero attached hydrogens (tertiary/aromatic N) is 1. The minimum atomic E-state index is -1.96. The molecule has 0 heterocycles. The standard InChI is InChI=1S/C26H42N4O8S/c1-16-14-20(35-10)17(2)18(3)21(16)39(34)38-30-22(29-24(33)37-26(7,8)9)27-13-11-12-19(15-31)28-23(32)36-25(4,5)6/h14-15,19H,11-13H2,1-10H3,(H,28,32)(H2,27,29,30,33). The molecule has 39 heavy (non-hydrogen) atoms. The number of nitrogens with one attached hydrogen (secondary N) is 3. The van der Waals surface area contributed by atoms with Crippen LogP contribution in [0.3, 0.4) is 0 Å². The summed E-state index contributed by atoms with van der Waals surface area (Å²) >= 11 is -1.96. The molecule has 1 rings (SSSR count). The zero-order valence-electron chi connectivity index (χ0n) is 24.5. The van der Waals surface area contributed by atoms with E-state index in [4.69, 9.17) is 18.5 Å². The van der Waals surface area contributed by atoms with Crippen LogP contribution in [0, 0.1) is 20.8 Å². The molecular weight excluding hydrogens is 528 g/mol. The van der Waals surface area contributed by atoms with Crippen molar-refractivity contribution in [1.82, 2.24) is 16.1 Å². The first-order valence-corrected chi connectivity index (χ1v) is 13.5. The number of hydrogen-bond acceptors (Lipinski definition) is 9. The number of amides is 2. The van der Waals surface area contributed by atoms with Crippen LogP contribution < -0.4 is 20.9 Å². The third kappa shape index (κ3) is 12.5. The van der Waals surface area contributed by atoms with Crippen molar-refractivity contribution < 1.29 is 37.1 Å². The van der Waals surface area contributed by atoms with Crippen LogP contribution in [-0.2, 0) is 29.6 Å². The van der Waals surface area contributed by atoms with Gasteiger partial charge >= 0.3 is 12.2 Å². The number of alkyl carbamates (subject to hydrolysis) is 2. The number of ether oxygens (including phenoxy) is 3. The van der Waals surface area contributed by atoms with Crippen molar-refractivity contribution in [1.29, 1.82) is 0 Å². The van der Waals surface area contributed by atoms with Crippen LogP contribution in [0.5, 0.6) is 5.75 Å². The Kier molecular flexibility index (Phi) is 12.9. The maximum absolute atomic E-state index is 13.0. The summed E-state index contributed by atoms with van der Waals surface area (Å²) in [4.78, 5) is 40.4. The molecule has 0 radical (unpaired) electrons. The summed E-state index contributed by atoms with van der Waals surface area (Å²) in [6, 6.07) is 0.986. The molecule has 3 N–H and O–H groups in total. The van der Waals surface area contributed by atoms with Crippen LogP contribution in [0.2, 0.25) is 0 Å². The van der Waals surface area contributed by atoms with Gasteiger partial charge in [-0.25, -0.2) is 19.3 Å².